The van der Waals surface area contributed by atoms with Gasteiger partial charge in [0.25, 0.3) is 5.91 Å². The maximum absolute atomic E-state index is 12.4. The molecular formula is C18H13N3O2S2. The van der Waals surface area contributed by atoms with Gasteiger partial charge >= 0.3 is 0 Å². The van der Waals surface area contributed by atoms with Crippen LogP contribution < -0.4 is 10.1 Å². The predicted octanol–water partition coefficient (Wildman–Crippen LogP) is 4.68. The predicted molar refractivity (Wildman–Crippen MR) is 102 cm³/mol. The Hall–Kier alpha value is -2.77. The van der Waals surface area contributed by atoms with E-state index in [4.69, 9.17) is 4.74 Å². The normalized spacial score (nSPS) is 10.8. The molecule has 0 atom stereocenters. The minimum atomic E-state index is -0.260. The lowest BCUT2D eigenvalue weighted by atomic mass is 10.2. The number of fused-ring (bicyclic) bond motifs is 1. The van der Waals surface area contributed by atoms with Gasteiger partial charge in [-0.15, -0.1) is 11.3 Å². The van der Waals surface area contributed by atoms with Crippen molar-refractivity contribution in [3.05, 3.63) is 59.6 Å². The number of nitrogens with zero attached hydrogens (tertiary/aromatic N) is 2. The Morgan fingerprint density at radius 2 is 1.96 bits per heavy atom. The van der Waals surface area contributed by atoms with E-state index in [1.807, 2.05) is 48.5 Å². The third-order valence-electron chi connectivity index (χ3n) is 3.57. The Morgan fingerprint density at radius 3 is 2.76 bits per heavy atom. The fourth-order valence-corrected chi connectivity index (χ4v) is 4.03. The Bertz CT molecular complexity index is 1040. The highest BCUT2D eigenvalue weighted by Crippen LogP contribution is 2.30. The van der Waals surface area contributed by atoms with Gasteiger partial charge in [-0.3, -0.25) is 10.1 Å². The molecule has 4 aromatic rings. The first-order valence-corrected chi connectivity index (χ1v) is 9.19. The molecular weight excluding hydrogens is 354 g/mol. The van der Waals surface area contributed by atoms with Crippen molar-refractivity contribution in [2.24, 2.45) is 0 Å². The number of nitrogens with one attached hydrogen (secondary N) is 1. The van der Waals surface area contributed by atoms with Crippen LogP contribution in [-0.4, -0.2) is 23.0 Å². The van der Waals surface area contributed by atoms with Gasteiger partial charge < -0.3 is 4.74 Å². The molecule has 0 aliphatic rings. The molecule has 5 nitrogen and oxygen atoms in total. The number of methoxy groups -OCH3 is 1. The average molecular weight is 367 g/mol. The lowest BCUT2D eigenvalue weighted by molar-refractivity contribution is 0.102. The van der Waals surface area contributed by atoms with Gasteiger partial charge in [0.2, 0.25) is 0 Å². The number of hydrogen-bond donors (Lipinski definition) is 1. The highest BCUT2D eigenvalue weighted by Gasteiger charge is 2.14. The van der Waals surface area contributed by atoms with Crippen LogP contribution >= 0.6 is 22.7 Å². The summed E-state index contributed by atoms with van der Waals surface area (Å²) in [6.45, 7) is 0. The summed E-state index contributed by atoms with van der Waals surface area (Å²) in [5.74, 6) is 0.505. The van der Waals surface area contributed by atoms with Crippen molar-refractivity contribution in [3.63, 3.8) is 0 Å². The number of anilines is 1. The van der Waals surface area contributed by atoms with Crippen LogP contribution in [0.2, 0.25) is 0 Å². The Labute approximate surface area is 152 Å². The molecule has 0 bridgehead atoms. The maximum atomic E-state index is 12.4. The fraction of sp³-hybridized carbons (Fsp3) is 0.0556. The molecule has 2 aromatic carbocycles. The lowest BCUT2D eigenvalue weighted by Crippen LogP contribution is -2.11. The number of amides is 1. The molecule has 25 heavy (non-hydrogen) atoms. The molecule has 124 valence electrons. The van der Waals surface area contributed by atoms with Gasteiger partial charge in [-0.25, -0.2) is 9.97 Å². The van der Waals surface area contributed by atoms with Crippen LogP contribution in [0.3, 0.4) is 0 Å². The number of ether oxygens (including phenoxy) is 1. The van der Waals surface area contributed by atoms with Gasteiger partial charge in [0.15, 0.2) is 5.13 Å². The van der Waals surface area contributed by atoms with Crippen LogP contribution in [0.4, 0.5) is 5.13 Å². The summed E-state index contributed by atoms with van der Waals surface area (Å²) < 4.78 is 6.17. The Morgan fingerprint density at radius 1 is 1.12 bits per heavy atom. The molecule has 0 saturated heterocycles. The number of hydrogen-bond acceptors (Lipinski definition) is 6. The number of thiazole rings is 2. The Kier molecular flexibility index (Phi) is 4.17. The van der Waals surface area contributed by atoms with E-state index in [9.17, 15) is 4.79 Å². The van der Waals surface area contributed by atoms with Gasteiger partial charge in [0.1, 0.15) is 16.5 Å². The molecule has 0 fully saturated rings. The molecule has 4 rings (SSSR count). The topological polar surface area (TPSA) is 64.1 Å². The van der Waals surface area contributed by atoms with Gasteiger partial charge in [-0.2, -0.15) is 0 Å². The van der Waals surface area contributed by atoms with E-state index in [0.717, 1.165) is 26.5 Å². The molecule has 1 amide bonds. The standard InChI is InChI=1S/C18H13N3O2S2/c1-23-12-7-8-13-15(9-12)25-18(20-13)21-16(22)14-10-24-17(19-14)11-5-3-2-4-6-11/h2-10H,1H3,(H,20,21,22). The summed E-state index contributed by atoms with van der Waals surface area (Å²) in [6.07, 6.45) is 0. The zero-order valence-corrected chi connectivity index (χ0v) is 14.9. The van der Waals surface area contributed by atoms with Crippen molar-refractivity contribution < 1.29 is 9.53 Å². The maximum Gasteiger partial charge on any atom is 0.276 e. The summed E-state index contributed by atoms with van der Waals surface area (Å²) in [6, 6.07) is 15.4. The quantitative estimate of drug-likeness (QED) is 0.569. The molecule has 0 radical (unpaired) electrons. The molecule has 0 saturated carbocycles. The number of carbonyl (C=O) groups is 1. The highest BCUT2D eigenvalue weighted by molar-refractivity contribution is 7.22. The van der Waals surface area contributed by atoms with E-state index in [1.54, 1.807) is 12.5 Å². The second-order valence-corrected chi connectivity index (χ2v) is 7.10. The first-order chi connectivity index (χ1) is 12.2. The van der Waals surface area contributed by atoms with Crippen LogP contribution in [0, 0.1) is 0 Å². The minimum Gasteiger partial charge on any atom is -0.497 e. The molecule has 0 unspecified atom stereocenters. The van der Waals surface area contributed by atoms with Crippen LogP contribution in [-0.2, 0) is 0 Å². The number of aromatic nitrogens is 2. The van der Waals surface area contributed by atoms with E-state index in [0.29, 0.717) is 10.8 Å². The van der Waals surface area contributed by atoms with Crippen LogP contribution in [0.5, 0.6) is 5.75 Å². The molecule has 2 aromatic heterocycles. The highest BCUT2D eigenvalue weighted by atomic mass is 32.1. The average Bonchev–Trinajstić information content (AvgIpc) is 3.28. The van der Waals surface area contributed by atoms with E-state index in [-0.39, 0.29) is 5.91 Å². The van der Waals surface area contributed by atoms with Gasteiger partial charge in [0.05, 0.1) is 17.3 Å². The van der Waals surface area contributed by atoms with E-state index < -0.39 is 0 Å². The zero-order chi connectivity index (χ0) is 17.2. The Balaban J connectivity index is 1.55. The summed E-state index contributed by atoms with van der Waals surface area (Å²) >= 11 is 2.85. The van der Waals surface area contributed by atoms with E-state index >= 15 is 0 Å². The molecule has 0 aliphatic carbocycles. The summed E-state index contributed by atoms with van der Waals surface area (Å²) in [7, 11) is 1.62. The molecule has 0 spiro atoms. The first-order valence-electron chi connectivity index (χ1n) is 7.50. The molecule has 7 heteroatoms. The third-order valence-corrected chi connectivity index (χ3v) is 5.40. The van der Waals surface area contributed by atoms with Gasteiger partial charge in [0, 0.05) is 10.9 Å². The smallest absolute Gasteiger partial charge is 0.276 e. The van der Waals surface area contributed by atoms with E-state index in [2.05, 4.69) is 15.3 Å². The fourth-order valence-electron chi connectivity index (χ4n) is 2.34. The molecule has 0 aliphatic heterocycles. The van der Waals surface area contributed by atoms with Crippen LogP contribution in [0.25, 0.3) is 20.8 Å². The molecule has 2 heterocycles. The van der Waals surface area contributed by atoms with Crippen molar-refractivity contribution in [2.45, 2.75) is 0 Å². The van der Waals surface area contributed by atoms with Crippen LogP contribution in [0.1, 0.15) is 10.5 Å². The lowest BCUT2D eigenvalue weighted by Gasteiger charge is -1.97. The van der Waals surface area contributed by atoms with Crippen LogP contribution in [0.15, 0.2) is 53.9 Å². The second kappa shape index (κ2) is 6.62. The second-order valence-electron chi connectivity index (χ2n) is 5.21. The number of rotatable bonds is 4. The summed E-state index contributed by atoms with van der Waals surface area (Å²) in [5, 5.41) is 5.94. The number of benzene rings is 2. The number of carbonyl (C=O) groups excluding carboxylic acids is 1. The summed E-state index contributed by atoms with van der Waals surface area (Å²) in [4.78, 5) is 21.3. The minimum absolute atomic E-state index is 0.260. The van der Waals surface area contributed by atoms with Crippen molar-refractivity contribution in [3.8, 4) is 16.3 Å². The van der Waals surface area contributed by atoms with Crippen molar-refractivity contribution in [1.82, 2.24) is 9.97 Å². The van der Waals surface area contributed by atoms with Gasteiger partial charge in [-0.05, 0) is 18.2 Å². The van der Waals surface area contributed by atoms with E-state index in [1.165, 1.54) is 22.7 Å². The van der Waals surface area contributed by atoms with Crippen molar-refractivity contribution >= 4 is 43.9 Å². The SMILES string of the molecule is COc1ccc2nc(NC(=O)c3csc(-c4ccccc4)n3)sc2c1. The monoisotopic (exact) mass is 367 g/mol. The van der Waals surface area contributed by atoms with Crippen molar-refractivity contribution in [2.75, 3.05) is 12.4 Å². The van der Waals surface area contributed by atoms with Gasteiger partial charge in [-0.1, -0.05) is 41.7 Å². The van der Waals surface area contributed by atoms with Crippen molar-refractivity contribution in [1.29, 1.82) is 0 Å². The molecule has 1 N–H and O–H groups in total. The zero-order valence-electron chi connectivity index (χ0n) is 13.2. The third kappa shape index (κ3) is 3.24. The largest absolute Gasteiger partial charge is 0.497 e. The first kappa shape index (κ1) is 15.7. The summed E-state index contributed by atoms with van der Waals surface area (Å²) in [5.41, 5.74) is 2.21.